The maximum absolute atomic E-state index is 5.72. The van der Waals surface area contributed by atoms with Crippen LogP contribution in [0.3, 0.4) is 0 Å². The Bertz CT molecular complexity index is 117. The third-order valence-electron chi connectivity index (χ3n) is 2.50. The molecule has 0 spiro atoms. The normalized spacial score (nSPS) is 24.5. The van der Waals surface area contributed by atoms with Crippen LogP contribution in [0.25, 0.3) is 0 Å². The second-order valence-corrected chi connectivity index (χ2v) is 5.03. The summed E-state index contributed by atoms with van der Waals surface area (Å²) in [7, 11) is 0. The molecule has 0 N–H and O–H groups in total. The predicted octanol–water partition coefficient (Wildman–Crippen LogP) is 3.86. The minimum Gasteiger partial charge on any atom is -0.364 e. The highest BCUT2D eigenvalue weighted by atomic mass is 79.9. The molecular weight excluding hydrogens is 216 g/mol. The molecular formula is C10H19BrO. The quantitative estimate of drug-likeness (QED) is 0.660. The van der Waals surface area contributed by atoms with Gasteiger partial charge in [-0.25, -0.2) is 0 Å². The molecule has 0 aromatic rings. The number of hydrogen-bond acceptors (Lipinski definition) is 1. The van der Waals surface area contributed by atoms with E-state index in [4.69, 9.17) is 4.74 Å². The summed E-state index contributed by atoms with van der Waals surface area (Å²) in [6.07, 6.45) is 9.15. The van der Waals surface area contributed by atoms with Crippen LogP contribution in [-0.4, -0.2) is 11.1 Å². The first-order chi connectivity index (χ1) is 5.77. The highest BCUT2D eigenvalue weighted by Gasteiger charge is 2.26. The molecule has 0 aromatic carbocycles. The molecule has 0 amide bonds. The maximum Gasteiger partial charge on any atom is 0.122 e. The van der Waals surface area contributed by atoms with Crippen LogP contribution in [0.5, 0.6) is 0 Å². The van der Waals surface area contributed by atoms with Crippen LogP contribution in [0, 0.1) is 0 Å². The molecule has 0 unspecified atom stereocenters. The third-order valence-corrected chi connectivity index (χ3v) is 3.53. The summed E-state index contributed by atoms with van der Waals surface area (Å²) in [4.78, 5) is 0. The molecule has 2 heteroatoms. The molecule has 0 atom stereocenters. The van der Waals surface area contributed by atoms with E-state index in [-0.39, 0.29) is 4.51 Å². The summed E-state index contributed by atoms with van der Waals surface area (Å²) < 4.78 is 5.74. The number of rotatable bonds is 2. The minimum atomic E-state index is 0.0160. The van der Waals surface area contributed by atoms with Crippen LogP contribution in [0.4, 0.5) is 0 Å². The van der Waals surface area contributed by atoms with E-state index < -0.39 is 0 Å². The lowest BCUT2D eigenvalue weighted by atomic mass is 9.98. The summed E-state index contributed by atoms with van der Waals surface area (Å²) in [5.41, 5.74) is 0. The Morgan fingerprint density at radius 2 is 1.58 bits per heavy atom. The molecule has 1 rings (SSSR count). The van der Waals surface area contributed by atoms with Gasteiger partial charge in [-0.2, -0.15) is 0 Å². The smallest absolute Gasteiger partial charge is 0.122 e. The van der Waals surface area contributed by atoms with Gasteiger partial charge in [-0.15, -0.1) is 0 Å². The van der Waals surface area contributed by atoms with Crippen LogP contribution < -0.4 is 0 Å². The van der Waals surface area contributed by atoms with Crippen molar-refractivity contribution in [2.75, 3.05) is 6.61 Å². The first kappa shape index (κ1) is 10.5. The van der Waals surface area contributed by atoms with E-state index in [0.29, 0.717) is 0 Å². The van der Waals surface area contributed by atoms with Crippen LogP contribution in [0.15, 0.2) is 0 Å². The summed E-state index contributed by atoms with van der Waals surface area (Å²) in [6, 6.07) is 0. The highest BCUT2D eigenvalue weighted by Crippen LogP contribution is 2.34. The zero-order chi connectivity index (χ0) is 8.86. The number of hydrogen-bond donors (Lipinski definition) is 0. The Hall–Kier alpha value is 0.440. The average Bonchev–Trinajstić information content (AvgIpc) is 1.99. The molecule has 0 saturated heterocycles. The second-order valence-electron chi connectivity index (χ2n) is 3.58. The zero-order valence-corrected chi connectivity index (χ0v) is 9.53. The van der Waals surface area contributed by atoms with Crippen LogP contribution in [0.2, 0.25) is 0 Å². The molecule has 0 heterocycles. The Labute approximate surface area is 84.0 Å². The summed E-state index contributed by atoms with van der Waals surface area (Å²) in [6.45, 7) is 2.90. The molecule has 1 saturated carbocycles. The fourth-order valence-electron chi connectivity index (χ4n) is 1.84. The van der Waals surface area contributed by atoms with Gasteiger partial charge in [-0.05, 0) is 32.6 Å². The van der Waals surface area contributed by atoms with Crippen molar-refractivity contribution >= 4 is 15.9 Å². The van der Waals surface area contributed by atoms with Gasteiger partial charge in [0.1, 0.15) is 4.51 Å². The van der Waals surface area contributed by atoms with Gasteiger partial charge in [0, 0.05) is 6.61 Å². The molecule has 1 nitrogen and oxygen atoms in total. The van der Waals surface area contributed by atoms with Crippen LogP contribution >= 0.6 is 15.9 Å². The number of halogens is 1. The Morgan fingerprint density at radius 3 is 2.08 bits per heavy atom. The molecule has 1 aliphatic carbocycles. The van der Waals surface area contributed by atoms with E-state index in [1.165, 1.54) is 44.9 Å². The monoisotopic (exact) mass is 234 g/mol. The lowest BCUT2D eigenvalue weighted by molar-refractivity contribution is 0.0214. The lowest BCUT2D eigenvalue weighted by Crippen LogP contribution is -2.25. The van der Waals surface area contributed by atoms with Gasteiger partial charge in [-0.1, -0.05) is 35.2 Å². The molecule has 0 aromatic heterocycles. The number of alkyl halides is 1. The fraction of sp³-hybridized carbons (Fsp3) is 1.00. The molecule has 12 heavy (non-hydrogen) atoms. The van der Waals surface area contributed by atoms with E-state index in [9.17, 15) is 0 Å². The van der Waals surface area contributed by atoms with Crippen molar-refractivity contribution in [3.05, 3.63) is 0 Å². The van der Waals surface area contributed by atoms with Crippen molar-refractivity contribution < 1.29 is 4.74 Å². The van der Waals surface area contributed by atoms with Gasteiger partial charge in [-0.3, -0.25) is 0 Å². The molecule has 1 fully saturated rings. The third kappa shape index (κ3) is 3.44. The van der Waals surface area contributed by atoms with Crippen LogP contribution in [0.1, 0.15) is 51.9 Å². The highest BCUT2D eigenvalue weighted by molar-refractivity contribution is 9.10. The predicted molar refractivity (Wildman–Crippen MR) is 55.6 cm³/mol. The lowest BCUT2D eigenvalue weighted by Gasteiger charge is -2.29. The molecule has 0 bridgehead atoms. The van der Waals surface area contributed by atoms with E-state index in [1.54, 1.807) is 0 Å². The summed E-state index contributed by atoms with van der Waals surface area (Å²) in [5.74, 6) is 0. The zero-order valence-electron chi connectivity index (χ0n) is 7.94. The summed E-state index contributed by atoms with van der Waals surface area (Å²) in [5, 5.41) is 0. The molecule has 0 aliphatic heterocycles. The molecule has 0 radical (unpaired) electrons. The minimum absolute atomic E-state index is 0.0160. The van der Waals surface area contributed by atoms with Crippen molar-refractivity contribution in [3.63, 3.8) is 0 Å². The Balaban J connectivity index is 2.36. The van der Waals surface area contributed by atoms with Gasteiger partial charge >= 0.3 is 0 Å². The largest absolute Gasteiger partial charge is 0.364 e. The van der Waals surface area contributed by atoms with Crippen molar-refractivity contribution in [3.8, 4) is 0 Å². The standard InChI is InChI=1S/C10H19BrO/c1-2-12-10(11)8-6-4-3-5-7-9-10/h2-9H2,1H3. The summed E-state index contributed by atoms with van der Waals surface area (Å²) >= 11 is 3.72. The number of ether oxygens (including phenoxy) is 1. The van der Waals surface area contributed by atoms with Crippen molar-refractivity contribution in [2.45, 2.75) is 56.4 Å². The van der Waals surface area contributed by atoms with E-state index in [1.807, 2.05) is 0 Å². The van der Waals surface area contributed by atoms with E-state index in [0.717, 1.165) is 6.61 Å². The fourth-order valence-corrected chi connectivity index (χ4v) is 2.63. The first-order valence-corrected chi connectivity index (χ1v) is 5.89. The first-order valence-electron chi connectivity index (χ1n) is 5.10. The van der Waals surface area contributed by atoms with Gasteiger partial charge in [0.15, 0.2) is 0 Å². The average molecular weight is 235 g/mol. The van der Waals surface area contributed by atoms with Gasteiger partial charge in [0.05, 0.1) is 0 Å². The van der Waals surface area contributed by atoms with Crippen LogP contribution in [-0.2, 0) is 4.74 Å². The Kier molecular flexibility index (Phi) is 4.59. The maximum atomic E-state index is 5.72. The molecule has 72 valence electrons. The van der Waals surface area contributed by atoms with E-state index >= 15 is 0 Å². The molecule has 1 aliphatic rings. The SMILES string of the molecule is CCOC1(Br)CCCCCCC1. The van der Waals surface area contributed by atoms with Gasteiger partial charge < -0.3 is 4.74 Å². The topological polar surface area (TPSA) is 9.23 Å². The van der Waals surface area contributed by atoms with Gasteiger partial charge in [0.2, 0.25) is 0 Å². The Morgan fingerprint density at radius 1 is 1.08 bits per heavy atom. The van der Waals surface area contributed by atoms with E-state index in [2.05, 4.69) is 22.9 Å². The second kappa shape index (κ2) is 5.23. The van der Waals surface area contributed by atoms with Crippen molar-refractivity contribution in [1.29, 1.82) is 0 Å². The van der Waals surface area contributed by atoms with Crippen molar-refractivity contribution in [1.82, 2.24) is 0 Å². The van der Waals surface area contributed by atoms with Crippen molar-refractivity contribution in [2.24, 2.45) is 0 Å². The van der Waals surface area contributed by atoms with Gasteiger partial charge in [0.25, 0.3) is 0 Å².